The average Bonchev–Trinajstić information content (AvgIpc) is 2.62. The van der Waals surface area contributed by atoms with E-state index in [-0.39, 0.29) is 11.3 Å². The third kappa shape index (κ3) is 5.30. The van der Waals surface area contributed by atoms with Gasteiger partial charge in [0.25, 0.3) is 0 Å². The molecule has 0 aromatic heterocycles. The molecule has 0 saturated heterocycles. The minimum absolute atomic E-state index is 0.0536. The third-order valence-corrected chi connectivity index (χ3v) is 5.00. The van der Waals surface area contributed by atoms with E-state index < -0.39 is 22.0 Å². The van der Waals surface area contributed by atoms with Crippen LogP contribution in [-0.4, -0.2) is 34.1 Å². The van der Waals surface area contributed by atoms with Crippen LogP contribution < -0.4 is 9.46 Å². The van der Waals surface area contributed by atoms with E-state index in [2.05, 4.69) is 4.72 Å². The first kappa shape index (κ1) is 19.0. The van der Waals surface area contributed by atoms with Gasteiger partial charge in [0.05, 0.1) is 18.6 Å². The number of rotatable bonds is 8. The van der Waals surface area contributed by atoms with Crippen LogP contribution in [0.15, 0.2) is 59.5 Å². The Bertz CT molecular complexity index is 788. The van der Waals surface area contributed by atoms with Gasteiger partial charge in [0, 0.05) is 0 Å². The van der Waals surface area contributed by atoms with E-state index in [4.69, 9.17) is 9.47 Å². The van der Waals surface area contributed by atoms with E-state index >= 15 is 0 Å². The molecule has 0 amide bonds. The normalized spacial score (nSPS) is 12.4. The summed E-state index contributed by atoms with van der Waals surface area (Å²) < 4.78 is 37.6. The first-order valence-corrected chi connectivity index (χ1v) is 9.31. The number of esters is 1. The van der Waals surface area contributed by atoms with Gasteiger partial charge < -0.3 is 9.47 Å². The molecule has 2 rings (SSSR count). The minimum atomic E-state index is -3.87. The maximum absolute atomic E-state index is 12.6. The highest BCUT2D eigenvalue weighted by molar-refractivity contribution is 7.89. The number of nitrogens with one attached hydrogen (secondary N) is 1. The lowest BCUT2D eigenvalue weighted by molar-refractivity contribution is -0.142. The van der Waals surface area contributed by atoms with Crippen molar-refractivity contribution in [2.24, 2.45) is 0 Å². The molecule has 0 aliphatic carbocycles. The van der Waals surface area contributed by atoms with Gasteiger partial charge in [-0.3, -0.25) is 4.79 Å². The number of ether oxygens (including phenoxy) is 2. The van der Waals surface area contributed by atoms with Gasteiger partial charge in [-0.2, -0.15) is 4.72 Å². The zero-order chi connectivity index (χ0) is 18.3. The molecule has 0 aliphatic heterocycles. The second kappa shape index (κ2) is 8.64. The van der Waals surface area contributed by atoms with Gasteiger partial charge >= 0.3 is 5.97 Å². The maximum atomic E-state index is 12.6. The van der Waals surface area contributed by atoms with Gasteiger partial charge in [-0.1, -0.05) is 30.3 Å². The molecule has 0 fully saturated rings. The maximum Gasteiger partial charge on any atom is 0.324 e. The Morgan fingerprint density at radius 1 is 1.08 bits per heavy atom. The van der Waals surface area contributed by atoms with Crippen molar-refractivity contribution in [2.45, 2.75) is 24.3 Å². The molecule has 0 bridgehead atoms. The van der Waals surface area contributed by atoms with Crippen LogP contribution in [0.2, 0.25) is 0 Å². The smallest absolute Gasteiger partial charge is 0.324 e. The van der Waals surface area contributed by atoms with Gasteiger partial charge in [0.1, 0.15) is 11.8 Å². The molecule has 0 spiro atoms. The van der Waals surface area contributed by atoms with E-state index in [9.17, 15) is 13.2 Å². The van der Waals surface area contributed by atoms with Crippen molar-refractivity contribution < 1.29 is 22.7 Å². The van der Waals surface area contributed by atoms with Gasteiger partial charge in [-0.25, -0.2) is 8.42 Å². The average molecular weight is 363 g/mol. The Morgan fingerprint density at radius 2 is 1.72 bits per heavy atom. The number of hydrogen-bond acceptors (Lipinski definition) is 5. The largest absolute Gasteiger partial charge is 0.494 e. The van der Waals surface area contributed by atoms with E-state index in [0.29, 0.717) is 12.4 Å². The van der Waals surface area contributed by atoms with Crippen molar-refractivity contribution in [3.8, 4) is 5.75 Å². The lowest BCUT2D eigenvalue weighted by Crippen LogP contribution is -2.42. The Morgan fingerprint density at radius 3 is 2.28 bits per heavy atom. The van der Waals surface area contributed by atoms with Crippen LogP contribution in [0.5, 0.6) is 5.75 Å². The number of methoxy groups -OCH3 is 1. The van der Waals surface area contributed by atoms with Crippen LogP contribution in [0.3, 0.4) is 0 Å². The van der Waals surface area contributed by atoms with E-state index in [1.807, 2.05) is 37.3 Å². The Labute approximate surface area is 147 Å². The molecule has 0 unspecified atom stereocenters. The predicted octanol–water partition coefficient (Wildman–Crippen LogP) is 2.15. The number of benzene rings is 2. The molecular formula is C18H21NO5S. The van der Waals surface area contributed by atoms with Crippen molar-refractivity contribution in [3.63, 3.8) is 0 Å². The van der Waals surface area contributed by atoms with Crippen LogP contribution >= 0.6 is 0 Å². The monoisotopic (exact) mass is 363 g/mol. The zero-order valence-electron chi connectivity index (χ0n) is 14.1. The molecule has 6 nitrogen and oxygen atoms in total. The van der Waals surface area contributed by atoms with Crippen molar-refractivity contribution in [1.29, 1.82) is 0 Å². The van der Waals surface area contributed by atoms with E-state index in [1.54, 1.807) is 12.1 Å². The van der Waals surface area contributed by atoms with Gasteiger partial charge in [0.15, 0.2) is 0 Å². The summed E-state index contributed by atoms with van der Waals surface area (Å²) in [6.45, 7) is 2.34. The first-order chi connectivity index (χ1) is 12.0. The van der Waals surface area contributed by atoms with Gasteiger partial charge in [0.2, 0.25) is 10.0 Å². The molecule has 1 N–H and O–H groups in total. The molecule has 1 atom stereocenters. The van der Waals surface area contributed by atoms with Gasteiger partial charge in [-0.15, -0.1) is 0 Å². The Hall–Kier alpha value is -2.38. The SMILES string of the molecule is CCOc1ccc(S(=O)(=O)N[C@@H](Cc2ccccc2)C(=O)OC)cc1. The number of sulfonamides is 1. The molecule has 0 heterocycles. The summed E-state index contributed by atoms with van der Waals surface area (Å²) in [6.07, 6.45) is 0.198. The fourth-order valence-corrected chi connectivity index (χ4v) is 3.49. The number of carbonyl (C=O) groups is 1. The van der Waals surface area contributed by atoms with E-state index in [0.717, 1.165) is 5.56 Å². The second-order valence-electron chi connectivity index (χ2n) is 5.29. The fraction of sp³-hybridized carbons (Fsp3) is 0.278. The summed E-state index contributed by atoms with van der Waals surface area (Å²) in [5, 5.41) is 0. The molecule has 0 radical (unpaired) electrons. The highest BCUT2D eigenvalue weighted by Gasteiger charge is 2.26. The fourth-order valence-electron chi connectivity index (χ4n) is 2.30. The molecule has 25 heavy (non-hydrogen) atoms. The molecular weight excluding hydrogens is 342 g/mol. The van der Waals surface area contributed by atoms with Crippen molar-refractivity contribution in [1.82, 2.24) is 4.72 Å². The zero-order valence-corrected chi connectivity index (χ0v) is 15.0. The summed E-state index contributed by atoms with van der Waals surface area (Å²) in [4.78, 5) is 12.0. The molecule has 0 aliphatic rings. The lowest BCUT2D eigenvalue weighted by atomic mass is 10.1. The molecule has 134 valence electrons. The summed E-state index contributed by atoms with van der Waals surface area (Å²) in [5.74, 6) is -0.0615. The van der Waals surface area contributed by atoms with Crippen molar-refractivity contribution >= 4 is 16.0 Å². The van der Waals surface area contributed by atoms with Crippen molar-refractivity contribution in [3.05, 3.63) is 60.2 Å². The number of carbonyl (C=O) groups excluding carboxylic acids is 1. The molecule has 2 aromatic carbocycles. The van der Waals surface area contributed by atoms with Crippen molar-refractivity contribution in [2.75, 3.05) is 13.7 Å². The summed E-state index contributed by atoms with van der Waals surface area (Å²) in [7, 11) is -2.65. The molecule has 2 aromatic rings. The standard InChI is InChI=1S/C18H21NO5S/c1-3-24-15-9-11-16(12-10-15)25(21,22)19-17(18(20)23-2)13-14-7-5-4-6-8-14/h4-12,17,19H,3,13H2,1-2H3/t17-/m0/s1. The minimum Gasteiger partial charge on any atom is -0.494 e. The highest BCUT2D eigenvalue weighted by atomic mass is 32.2. The molecule has 0 saturated carbocycles. The predicted molar refractivity (Wildman–Crippen MR) is 93.9 cm³/mol. The van der Waals surface area contributed by atoms with Crippen LogP contribution in [0.4, 0.5) is 0 Å². The van der Waals surface area contributed by atoms with E-state index in [1.165, 1.54) is 19.2 Å². The van der Waals surface area contributed by atoms with Gasteiger partial charge in [-0.05, 0) is 43.2 Å². The Kier molecular flexibility index (Phi) is 6.55. The van der Waals surface area contributed by atoms with Crippen LogP contribution in [0, 0.1) is 0 Å². The topological polar surface area (TPSA) is 81.7 Å². The third-order valence-electron chi connectivity index (χ3n) is 3.51. The highest BCUT2D eigenvalue weighted by Crippen LogP contribution is 2.17. The lowest BCUT2D eigenvalue weighted by Gasteiger charge is -2.17. The van der Waals surface area contributed by atoms with Crippen LogP contribution in [0.1, 0.15) is 12.5 Å². The van der Waals surface area contributed by atoms with Crippen LogP contribution in [-0.2, 0) is 26.0 Å². The molecule has 7 heteroatoms. The first-order valence-electron chi connectivity index (χ1n) is 7.83. The van der Waals surface area contributed by atoms with Crippen LogP contribution in [0.25, 0.3) is 0 Å². The summed E-state index contributed by atoms with van der Waals surface area (Å²) in [5.41, 5.74) is 0.826. The quantitative estimate of drug-likeness (QED) is 0.727. The summed E-state index contributed by atoms with van der Waals surface area (Å²) >= 11 is 0. The second-order valence-corrected chi connectivity index (χ2v) is 7.01. The number of hydrogen-bond donors (Lipinski definition) is 1. The Balaban J connectivity index is 2.19. The summed E-state index contributed by atoms with van der Waals surface area (Å²) in [6, 6.07) is 14.1.